The van der Waals surface area contributed by atoms with Crippen LogP contribution in [0.15, 0.2) is 12.1 Å². The zero-order valence-corrected chi connectivity index (χ0v) is 7.76. The van der Waals surface area contributed by atoms with Crippen LogP contribution in [0.4, 0.5) is 0 Å². The molecule has 1 N–H and O–H groups in total. The third kappa shape index (κ3) is 1.79. The number of nitrogens with one attached hydrogen (secondary N) is 1. The molecule has 1 rings (SSSR count). The minimum absolute atomic E-state index is 0.121. The Morgan fingerprint density at radius 2 is 1.73 bits per heavy atom. The highest BCUT2D eigenvalue weighted by molar-refractivity contribution is 6.48. The Labute approximate surface area is 80.0 Å². The number of hydrogen-bond acceptors (Lipinski definition) is 0. The van der Waals surface area contributed by atoms with Gasteiger partial charge in [-0.2, -0.15) is 0 Å². The lowest BCUT2D eigenvalue weighted by atomic mass is 10.2. The molecule has 11 heavy (non-hydrogen) atoms. The van der Waals surface area contributed by atoms with E-state index in [1.54, 1.807) is 12.1 Å². The van der Waals surface area contributed by atoms with Crippen molar-refractivity contribution in [3.8, 4) is 0 Å². The second-order valence-electron chi connectivity index (χ2n) is 2.01. The van der Waals surface area contributed by atoms with Crippen LogP contribution in [0.1, 0.15) is 5.56 Å². The van der Waals surface area contributed by atoms with Crippen molar-refractivity contribution in [3.05, 3.63) is 32.8 Å². The van der Waals surface area contributed by atoms with Crippen LogP contribution >= 0.6 is 34.8 Å². The van der Waals surface area contributed by atoms with Gasteiger partial charge in [-0.05, 0) is 11.6 Å². The van der Waals surface area contributed by atoms with Gasteiger partial charge in [0.2, 0.25) is 0 Å². The molecule has 0 aromatic heterocycles. The third-order valence-corrected chi connectivity index (χ3v) is 2.64. The molecular weight excluding hydrogens is 204 g/mol. The SMILES string of the molecule is [NH]Cc1ccc(Cl)c(Cl)c1Cl. The Morgan fingerprint density at radius 1 is 1.09 bits per heavy atom. The van der Waals surface area contributed by atoms with Gasteiger partial charge in [-0.15, -0.1) is 0 Å². The molecule has 0 atom stereocenters. The molecular formula is C7H5Cl3N. The fourth-order valence-corrected chi connectivity index (χ4v) is 1.32. The Kier molecular flexibility index (Phi) is 3.02. The van der Waals surface area contributed by atoms with Crippen LogP contribution in [0.5, 0.6) is 0 Å². The van der Waals surface area contributed by atoms with Gasteiger partial charge in [-0.1, -0.05) is 40.9 Å². The summed E-state index contributed by atoms with van der Waals surface area (Å²) >= 11 is 17.1. The summed E-state index contributed by atoms with van der Waals surface area (Å²) in [5, 5.41) is 1.14. The van der Waals surface area contributed by atoms with Crippen LogP contribution in [0, 0.1) is 0 Å². The molecule has 0 aliphatic carbocycles. The highest BCUT2D eigenvalue weighted by Gasteiger charge is 2.06. The zero-order valence-electron chi connectivity index (χ0n) is 5.50. The van der Waals surface area contributed by atoms with E-state index in [0.717, 1.165) is 0 Å². The maximum Gasteiger partial charge on any atom is 0.0781 e. The Bertz CT molecular complexity index is 273. The summed E-state index contributed by atoms with van der Waals surface area (Å²) in [6.07, 6.45) is 0. The molecule has 0 bridgehead atoms. The van der Waals surface area contributed by atoms with Crippen LogP contribution in [0.2, 0.25) is 15.1 Å². The fraction of sp³-hybridized carbons (Fsp3) is 0.143. The molecule has 0 aliphatic heterocycles. The van der Waals surface area contributed by atoms with Crippen molar-refractivity contribution in [3.63, 3.8) is 0 Å². The molecule has 0 saturated carbocycles. The first kappa shape index (κ1) is 9.14. The topological polar surface area (TPSA) is 23.8 Å². The summed E-state index contributed by atoms with van der Waals surface area (Å²) in [6, 6.07) is 3.34. The molecule has 4 heteroatoms. The molecule has 0 spiro atoms. The summed E-state index contributed by atoms with van der Waals surface area (Å²) in [5.41, 5.74) is 7.76. The molecule has 1 radical (unpaired) electrons. The van der Waals surface area contributed by atoms with Gasteiger partial charge < -0.3 is 0 Å². The highest BCUT2D eigenvalue weighted by atomic mass is 35.5. The van der Waals surface area contributed by atoms with E-state index in [1.807, 2.05) is 0 Å². The Morgan fingerprint density at radius 3 is 2.27 bits per heavy atom. The monoisotopic (exact) mass is 208 g/mol. The molecule has 0 saturated heterocycles. The van der Waals surface area contributed by atoms with Crippen molar-refractivity contribution >= 4 is 34.8 Å². The summed E-state index contributed by atoms with van der Waals surface area (Å²) in [6.45, 7) is 0.121. The minimum Gasteiger partial charge on any atom is -0.253 e. The highest BCUT2D eigenvalue weighted by Crippen LogP contribution is 2.32. The van der Waals surface area contributed by atoms with Gasteiger partial charge in [0.25, 0.3) is 0 Å². The normalized spacial score (nSPS) is 10.2. The zero-order chi connectivity index (χ0) is 8.43. The van der Waals surface area contributed by atoms with Crippen molar-refractivity contribution < 1.29 is 0 Å². The van der Waals surface area contributed by atoms with Crippen molar-refractivity contribution in [1.29, 1.82) is 0 Å². The average molecular weight is 209 g/mol. The van der Waals surface area contributed by atoms with Crippen LogP contribution in [0.3, 0.4) is 0 Å². The first-order valence-corrected chi connectivity index (χ1v) is 4.07. The quantitative estimate of drug-likeness (QED) is 0.633. The van der Waals surface area contributed by atoms with Crippen LogP contribution in [0.25, 0.3) is 0 Å². The Hall–Kier alpha value is 0.0500. The van der Waals surface area contributed by atoms with E-state index in [2.05, 4.69) is 0 Å². The van der Waals surface area contributed by atoms with Crippen LogP contribution < -0.4 is 5.73 Å². The van der Waals surface area contributed by atoms with Crippen molar-refractivity contribution in [2.24, 2.45) is 0 Å². The first-order chi connectivity index (χ1) is 5.16. The third-order valence-electron chi connectivity index (χ3n) is 1.31. The predicted octanol–water partition coefficient (Wildman–Crippen LogP) is 3.43. The van der Waals surface area contributed by atoms with Gasteiger partial charge in [0.15, 0.2) is 0 Å². The van der Waals surface area contributed by atoms with E-state index < -0.39 is 0 Å². The van der Waals surface area contributed by atoms with Crippen molar-refractivity contribution in [1.82, 2.24) is 5.73 Å². The summed E-state index contributed by atoms with van der Waals surface area (Å²) < 4.78 is 0. The molecule has 0 amide bonds. The number of hydrogen-bond donors (Lipinski definition) is 0. The average Bonchev–Trinajstić information content (AvgIpc) is 2.01. The van der Waals surface area contributed by atoms with E-state index in [-0.39, 0.29) is 6.54 Å². The van der Waals surface area contributed by atoms with Gasteiger partial charge in [0, 0.05) is 6.54 Å². The maximum atomic E-state index is 7.07. The summed E-state index contributed by atoms with van der Waals surface area (Å²) in [5.74, 6) is 0. The Balaban J connectivity index is 3.25. The smallest absolute Gasteiger partial charge is 0.0781 e. The van der Waals surface area contributed by atoms with E-state index in [4.69, 9.17) is 40.5 Å². The van der Waals surface area contributed by atoms with Crippen molar-refractivity contribution in [2.45, 2.75) is 6.54 Å². The standard InChI is InChI=1S/C7H5Cl3N/c8-5-2-1-4(3-11)6(9)7(5)10/h1-2,11H,3H2. The molecule has 0 unspecified atom stereocenters. The lowest BCUT2D eigenvalue weighted by Gasteiger charge is -2.02. The van der Waals surface area contributed by atoms with Gasteiger partial charge >= 0.3 is 0 Å². The van der Waals surface area contributed by atoms with E-state index in [1.165, 1.54) is 0 Å². The number of halogens is 3. The van der Waals surface area contributed by atoms with Crippen LogP contribution in [-0.2, 0) is 6.54 Å². The maximum absolute atomic E-state index is 7.07. The molecule has 0 aliphatic rings. The van der Waals surface area contributed by atoms with Gasteiger partial charge in [0.05, 0.1) is 15.1 Å². The summed E-state index contributed by atoms with van der Waals surface area (Å²) in [7, 11) is 0. The van der Waals surface area contributed by atoms with Gasteiger partial charge in [-0.25, -0.2) is 0 Å². The minimum atomic E-state index is 0.121. The molecule has 1 aromatic carbocycles. The van der Waals surface area contributed by atoms with E-state index >= 15 is 0 Å². The predicted molar refractivity (Wildman–Crippen MR) is 48.3 cm³/mol. The largest absolute Gasteiger partial charge is 0.253 e. The molecule has 0 fully saturated rings. The molecule has 0 heterocycles. The second-order valence-corrected chi connectivity index (χ2v) is 3.17. The lowest BCUT2D eigenvalue weighted by molar-refractivity contribution is 1.03. The summed E-state index contributed by atoms with van der Waals surface area (Å²) in [4.78, 5) is 0. The molecule has 59 valence electrons. The number of rotatable bonds is 1. The first-order valence-electron chi connectivity index (χ1n) is 2.93. The van der Waals surface area contributed by atoms with Gasteiger partial charge in [0.1, 0.15) is 0 Å². The van der Waals surface area contributed by atoms with Crippen LogP contribution in [-0.4, -0.2) is 0 Å². The van der Waals surface area contributed by atoms with Gasteiger partial charge in [-0.3, -0.25) is 5.73 Å². The van der Waals surface area contributed by atoms with E-state index in [9.17, 15) is 0 Å². The lowest BCUT2D eigenvalue weighted by Crippen LogP contribution is -1.86. The van der Waals surface area contributed by atoms with Crippen molar-refractivity contribution in [2.75, 3.05) is 0 Å². The second kappa shape index (κ2) is 3.63. The molecule has 1 nitrogen and oxygen atoms in total. The van der Waals surface area contributed by atoms with E-state index in [0.29, 0.717) is 20.6 Å². The molecule has 1 aromatic rings. The number of benzene rings is 1. The fourth-order valence-electron chi connectivity index (χ4n) is 0.702.